The molecule has 0 radical (unpaired) electrons. The van der Waals surface area contributed by atoms with Crippen LogP contribution in [0.3, 0.4) is 0 Å². The molecule has 1 atom stereocenters. The van der Waals surface area contributed by atoms with Crippen LogP contribution in [-0.4, -0.2) is 48.0 Å². The van der Waals surface area contributed by atoms with E-state index in [0.717, 1.165) is 25.4 Å². The Balaban J connectivity index is 1.72. The molecule has 0 aromatic rings. The van der Waals surface area contributed by atoms with E-state index >= 15 is 0 Å². The molecule has 2 aliphatic heterocycles. The molecule has 1 N–H and O–H groups in total. The maximum Gasteiger partial charge on any atom is 0.224 e. The van der Waals surface area contributed by atoms with E-state index in [2.05, 4.69) is 5.32 Å². The van der Waals surface area contributed by atoms with Crippen molar-refractivity contribution in [3.05, 3.63) is 0 Å². The molecule has 13 heavy (non-hydrogen) atoms. The second-order valence-electron chi connectivity index (χ2n) is 3.66. The average molecular weight is 200 g/mol. The van der Waals surface area contributed by atoms with Gasteiger partial charge >= 0.3 is 0 Å². The minimum absolute atomic E-state index is 0.339. The van der Waals surface area contributed by atoms with Crippen molar-refractivity contribution in [1.82, 2.24) is 10.2 Å². The molecule has 2 fully saturated rings. The van der Waals surface area contributed by atoms with Crippen molar-refractivity contribution >= 4 is 17.7 Å². The molecule has 1 unspecified atom stereocenters. The number of carbonyl (C=O) groups is 1. The lowest BCUT2D eigenvalue weighted by atomic mass is 10.1. The number of thioether (sulfide) groups is 1. The van der Waals surface area contributed by atoms with Gasteiger partial charge in [0, 0.05) is 43.6 Å². The molecule has 2 heterocycles. The number of nitrogens with one attached hydrogen (secondary N) is 1. The number of carbonyl (C=O) groups excluding carboxylic acids is 1. The van der Waals surface area contributed by atoms with Gasteiger partial charge in [-0.1, -0.05) is 0 Å². The second kappa shape index (κ2) is 4.33. The fourth-order valence-corrected chi connectivity index (χ4v) is 2.61. The Hall–Kier alpha value is -0.220. The molecule has 0 aromatic carbocycles. The first-order valence-corrected chi connectivity index (χ1v) is 6.10. The lowest BCUT2D eigenvalue weighted by molar-refractivity contribution is -0.135. The monoisotopic (exact) mass is 200 g/mol. The highest BCUT2D eigenvalue weighted by molar-refractivity contribution is 7.99. The van der Waals surface area contributed by atoms with Crippen LogP contribution in [0.5, 0.6) is 0 Å². The minimum Gasteiger partial charge on any atom is -0.343 e. The van der Waals surface area contributed by atoms with E-state index < -0.39 is 0 Å². The number of amides is 1. The van der Waals surface area contributed by atoms with E-state index in [1.165, 1.54) is 12.2 Å². The quantitative estimate of drug-likeness (QED) is 0.696. The third-order valence-electron chi connectivity index (χ3n) is 2.63. The third-order valence-corrected chi connectivity index (χ3v) is 3.76. The fourth-order valence-electron chi connectivity index (χ4n) is 1.66. The van der Waals surface area contributed by atoms with Gasteiger partial charge in [-0.25, -0.2) is 0 Å². The van der Waals surface area contributed by atoms with Gasteiger partial charge < -0.3 is 10.2 Å². The number of hydrogen-bond acceptors (Lipinski definition) is 3. The van der Waals surface area contributed by atoms with Gasteiger partial charge in [-0.2, -0.15) is 11.8 Å². The molecule has 74 valence electrons. The van der Waals surface area contributed by atoms with Crippen molar-refractivity contribution in [2.45, 2.75) is 18.9 Å². The number of nitrogens with zero attached hydrogens (tertiary/aromatic N) is 1. The molecule has 0 aliphatic carbocycles. The van der Waals surface area contributed by atoms with E-state index in [1.807, 2.05) is 16.7 Å². The van der Waals surface area contributed by atoms with Crippen LogP contribution < -0.4 is 5.32 Å². The van der Waals surface area contributed by atoms with E-state index in [9.17, 15) is 4.79 Å². The van der Waals surface area contributed by atoms with Crippen molar-refractivity contribution in [2.75, 3.05) is 31.1 Å². The zero-order valence-corrected chi connectivity index (χ0v) is 8.61. The number of likely N-dealkylation sites (tertiary alicyclic amines) is 1. The zero-order valence-electron chi connectivity index (χ0n) is 7.79. The highest BCUT2D eigenvalue weighted by Gasteiger charge is 2.24. The van der Waals surface area contributed by atoms with Gasteiger partial charge in [-0.15, -0.1) is 0 Å². The topological polar surface area (TPSA) is 32.3 Å². The van der Waals surface area contributed by atoms with Crippen LogP contribution in [0.25, 0.3) is 0 Å². The minimum atomic E-state index is 0.339. The van der Waals surface area contributed by atoms with Gasteiger partial charge in [0.1, 0.15) is 0 Å². The van der Waals surface area contributed by atoms with Gasteiger partial charge in [0.2, 0.25) is 5.91 Å². The highest BCUT2D eigenvalue weighted by atomic mass is 32.2. The van der Waals surface area contributed by atoms with Gasteiger partial charge in [0.05, 0.1) is 0 Å². The number of hydrogen-bond donors (Lipinski definition) is 1. The summed E-state index contributed by atoms with van der Waals surface area (Å²) in [6.45, 7) is 3.03. The summed E-state index contributed by atoms with van der Waals surface area (Å²) in [7, 11) is 0. The molecule has 3 nitrogen and oxygen atoms in total. The van der Waals surface area contributed by atoms with Crippen molar-refractivity contribution in [2.24, 2.45) is 0 Å². The molecular formula is C9H16N2OS. The molecule has 2 aliphatic rings. The van der Waals surface area contributed by atoms with E-state index in [-0.39, 0.29) is 0 Å². The van der Waals surface area contributed by atoms with Crippen LogP contribution in [0.4, 0.5) is 0 Å². The van der Waals surface area contributed by atoms with Crippen molar-refractivity contribution in [1.29, 1.82) is 0 Å². The molecule has 0 bridgehead atoms. The van der Waals surface area contributed by atoms with E-state index in [0.29, 0.717) is 18.4 Å². The van der Waals surface area contributed by atoms with Crippen LogP contribution in [0, 0.1) is 0 Å². The zero-order chi connectivity index (χ0) is 9.10. The summed E-state index contributed by atoms with van der Waals surface area (Å²) in [6, 6.07) is 0.423. The van der Waals surface area contributed by atoms with Gasteiger partial charge in [0.15, 0.2) is 0 Å². The normalized spacial score (nSPS) is 28.3. The molecule has 0 aromatic heterocycles. The SMILES string of the molecule is O=C(CC1CSCCN1)N1CCC1. The summed E-state index contributed by atoms with van der Waals surface area (Å²) < 4.78 is 0. The standard InChI is InChI=1S/C9H16N2OS/c12-9(11-3-1-4-11)6-8-7-13-5-2-10-8/h8,10H,1-7H2. The lowest BCUT2D eigenvalue weighted by Gasteiger charge is -2.33. The Labute approximate surface area is 83.2 Å². The summed E-state index contributed by atoms with van der Waals surface area (Å²) in [5, 5.41) is 3.38. The van der Waals surface area contributed by atoms with Gasteiger partial charge in [0.25, 0.3) is 0 Å². The molecule has 0 saturated carbocycles. The maximum atomic E-state index is 11.6. The highest BCUT2D eigenvalue weighted by Crippen LogP contribution is 2.14. The van der Waals surface area contributed by atoms with Crippen molar-refractivity contribution < 1.29 is 4.79 Å². The second-order valence-corrected chi connectivity index (χ2v) is 4.81. The summed E-state index contributed by atoms with van der Waals surface area (Å²) in [5.41, 5.74) is 0. The van der Waals surface area contributed by atoms with E-state index in [1.54, 1.807) is 0 Å². The molecule has 0 spiro atoms. The van der Waals surface area contributed by atoms with Crippen LogP contribution in [0.2, 0.25) is 0 Å². The molecular weight excluding hydrogens is 184 g/mol. The summed E-state index contributed by atoms with van der Waals surface area (Å²) in [4.78, 5) is 13.5. The Bertz CT molecular complexity index is 188. The van der Waals surface area contributed by atoms with Crippen LogP contribution in [0.1, 0.15) is 12.8 Å². The van der Waals surface area contributed by atoms with Crippen molar-refractivity contribution in [3.63, 3.8) is 0 Å². The first-order valence-electron chi connectivity index (χ1n) is 4.95. The van der Waals surface area contributed by atoms with E-state index in [4.69, 9.17) is 0 Å². The average Bonchev–Trinajstić information content (AvgIpc) is 2.02. The fraction of sp³-hybridized carbons (Fsp3) is 0.889. The largest absolute Gasteiger partial charge is 0.343 e. The molecule has 2 saturated heterocycles. The summed E-state index contributed by atoms with van der Waals surface area (Å²) in [5.74, 6) is 2.62. The van der Waals surface area contributed by atoms with Gasteiger partial charge in [-0.05, 0) is 6.42 Å². The predicted molar refractivity (Wildman–Crippen MR) is 54.9 cm³/mol. The lowest BCUT2D eigenvalue weighted by Crippen LogP contribution is -2.47. The predicted octanol–water partition coefficient (Wildman–Crippen LogP) is 0.314. The number of rotatable bonds is 2. The smallest absolute Gasteiger partial charge is 0.224 e. The Morgan fingerprint density at radius 3 is 2.92 bits per heavy atom. The first-order chi connectivity index (χ1) is 6.36. The van der Waals surface area contributed by atoms with Crippen LogP contribution >= 0.6 is 11.8 Å². The molecule has 2 rings (SSSR count). The molecule has 4 heteroatoms. The Morgan fingerprint density at radius 2 is 2.38 bits per heavy atom. The Kier molecular flexibility index (Phi) is 3.11. The van der Waals surface area contributed by atoms with Gasteiger partial charge in [-0.3, -0.25) is 4.79 Å². The molecule has 1 amide bonds. The van der Waals surface area contributed by atoms with Crippen LogP contribution in [-0.2, 0) is 4.79 Å². The summed E-state index contributed by atoms with van der Waals surface area (Å²) in [6.07, 6.45) is 1.89. The van der Waals surface area contributed by atoms with Crippen molar-refractivity contribution in [3.8, 4) is 0 Å². The third kappa shape index (κ3) is 2.38. The Morgan fingerprint density at radius 1 is 1.54 bits per heavy atom. The van der Waals surface area contributed by atoms with Crippen LogP contribution in [0.15, 0.2) is 0 Å². The maximum absolute atomic E-state index is 11.6. The summed E-state index contributed by atoms with van der Waals surface area (Å²) >= 11 is 1.95. The first kappa shape index (κ1) is 9.34.